The lowest BCUT2D eigenvalue weighted by molar-refractivity contribution is -0.138. The maximum absolute atomic E-state index is 12.4. The van der Waals surface area contributed by atoms with Gasteiger partial charge in [0, 0.05) is 6.04 Å². The van der Waals surface area contributed by atoms with Crippen molar-refractivity contribution < 1.29 is 23.1 Å². The van der Waals surface area contributed by atoms with Gasteiger partial charge >= 0.3 is 5.97 Å². The molecular weight excluding hydrogens is 326 g/mol. The molecule has 1 aromatic heterocycles. The molecule has 9 heteroatoms. The van der Waals surface area contributed by atoms with Gasteiger partial charge in [0.2, 0.25) is 0 Å². The summed E-state index contributed by atoms with van der Waals surface area (Å²) in [6.45, 7) is -0.534. The Balaban J connectivity index is 2.27. The predicted octanol–water partition coefficient (Wildman–Crippen LogP) is 1.12. The molecule has 1 N–H and O–H groups in total. The van der Waals surface area contributed by atoms with Gasteiger partial charge in [-0.15, -0.1) is 11.3 Å². The van der Waals surface area contributed by atoms with E-state index in [1.807, 2.05) is 0 Å². The summed E-state index contributed by atoms with van der Waals surface area (Å²) in [7, 11) is -3.21. The maximum Gasteiger partial charge on any atom is 0.323 e. The molecule has 0 aromatic carbocycles. The van der Waals surface area contributed by atoms with Crippen LogP contribution in [0.5, 0.6) is 0 Å². The Hall–Kier alpha value is -1.12. The zero-order valence-electron chi connectivity index (χ0n) is 10.3. The highest BCUT2D eigenvalue weighted by atomic mass is 35.5. The minimum absolute atomic E-state index is 0.0285. The third kappa shape index (κ3) is 3.31. The van der Waals surface area contributed by atoms with E-state index in [1.165, 1.54) is 0 Å². The molecule has 1 aliphatic rings. The third-order valence-corrected chi connectivity index (χ3v) is 6.11. The first-order chi connectivity index (χ1) is 9.30. The van der Waals surface area contributed by atoms with E-state index in [2.05, 4.69) is 0 Å². The number of carboxylic acid groups (broad SMARTS) is 1. The Labute approximate surface area is 124 Å². The number of halogens is 1. The summed E-state index contributed by atoms with van der Waals surface area (Å²) >= 11 is 6.98. The molecule has 6 nitrogen and oxygen atoms in total. The summed E-state index contributed by atoms with van der Waals surface area (Å²) in [5.41, 5.74) is 0. The second kappa shape index (κ2) is 5.71. The average molecular weight is 338 g/mol. The second-order valence-corrected chi connectivity index (χ2v) is 8.03. The normalized spacial score (nSPS) is 20.8. The fraction of sp³-hybridized carbons (Fsp3) is 0.455. The number of carbonyl (C=O) groups is 2. The van der Waals surface area contributed by atoms with Crippen LogP contribution in [0.3, 0.4) is 0 Å². The largest absolute Gasteiger partial charge is 0.480 e. The summed E-state index contributed by atoms with van der Waals surface area (Å²) in [6.07, 6.45) is 0.254. The summed E-state index contributed by atoms with van der Waals surface area (Å²) in [5, 5.41) is 10.8. The van der Waals surface area contributed by atoms with Crippen LogP contribution in [0.15, 0.2) is 11.4 Å². The minimum Gasteiger partial charge on any atom is -0.480 e. The summed E-state index contributed by atoms with van der Waals surface area (Å²) in [6, 6.07) is 0.936. The maximum atomic E-state index is 12.4. The highest BCUT2D eigenvalue weighted by molar-refractivity contribution is 7.91. The van der Waals surface area contributed by atoms with Crippen molar-refractivity contribution in [1.82, 2.24) is 4.90 Å². The van der Waals surface area contributed by atoms with Crippen molar-refractivity contribution in [2.24, 2.45) is 0 Å². The molecule has 1 atom stereocenters. The van der Waals surface area contributed by atoms with Gasteiger partial charge in [0.25, 0.3) is 5.91 Å². The van der Waals surface area contributed by atoms with Gasteiger partial charge in [-0.3, -0.25) is 9.59 Å². The SMILES string of the molecule is O=C(O)CN(C(=O)c1sccc1Cl)C1CCS(=O)(=O)C1. The fourth-order valence-corrected chi connectivity index (χ4v) is 4.93. The van der Waals surface area contributed by atoms with Crippen molar-refractivity contribution in [2.45, 2.75) is 12.5 Å². The lowest BCUT2D eigenvalue weighted by Crippen LogP contribution is -2.44. The molecule has 1 aromatic rings. The van der Waals surface area contributed by atoms with Crippen molar-refractivity contribution in [2.75, 3.05) is 18.1 Å². The molecule has 110 valence electrons. The van der Waals surface area contributed by atoms with E-state index in [9.17, 15) is 18.0 Å². The molecule has 1 saturated heterocycles. The molecule has 2 rings (SSSR count). The molecule has 0 radical (unpaired) electrons. The van der Waals surface area contributed by atoms with E-state index in [0.717, 1.165) is 16.2 Å². The van der Waals surface area contributed by atoms with E-state index >= 15 is 0 Å². The molecule has 20 heavy (non-hydrogen) atoms. The van der Waals surface area contributed by atoms with E-state index in [1.54, 1.807) is 11.4 Å². The van der Waals surface area contributed by atoms with Crippen LogP contribution in [-0.2, 0) is 14.6 Å². The lowest BCUT2D eigenvalue weighted by Gasteiger charge is -2.26. The zero-order valence-corrected chi connectivity index (χ0v) is 12.7. The first-order valence-corrected chi connectivity index (χ1v) is 8.84. The number of amides is 1. The molecule has 0 saturated carbocycles. The number of aliphatic carboxylic acids is 1. The number of carbonyl (C=O) groups excluding carboxylic acids is 1. The average Bonchev–Trinajstić information content (AvgIpc) is 2.91. The molecule has 0 bridgehead atoms. The smallest absolute Gasteiger partial charge is 0.323 e. The van der Waals surface area contributed by atoms with Crippen LogP contribution < -0.4 is 0 Å². The quantitative estimate of drug-likeness (QED) is 0.888. The minimum atomic E-state index is -3.21. The van der Waals surface area contributed by atoms with Crippen LogP contribution in [0.4, 0.5) is 0 Å². The molecule has 0 aliphatic carbocycles. The molecule has 0 spiro atoms. The van der Waals surface area contributed by atoms with Gasteiger partial charge in [-0.05, 0) is 17.9 Å². The Morgan fingerprint density at radius 1 is 1.50 bits per heavy atom. The Kier molecular flexibility index (Phi) is 4.36. The van der Waals surface area contributed by atoms with E-state index in [-0.39, 0.29) is 27.8 Å². The van der Waals surface area contributed by atoms with E-state index < -0.39 is 34.3 Å². The van der Waals surface area contributed by atoms with Crippen molar-refractivity contribution in [3.63, 3.8) is 0 Å². The molecular formula is C11H12ClNO5S2. The topological polar surface area (TPSA) is 91.8 Å². The van der Waals surface area contributed by atoms with Gasteiger partial charge in [-0.25, -0.2) is 8.42 Å². The Morgan fingerprint density at radius 3 is 2.65 bits per heavy atom. The lowest BCUT2D eigenvalue weighted by atomic mass is 10.2. The number of nitrogens with zero attached hydrogens (tertiary/aromatic N) is 1. The predicted molar refractivity (Wildman–Crippen MR) is 75.1 cm³/mol. The Morgan fingerprint density at radius 2 is 2.20 bits per heavy atom. The molecule has 1 unspecified atom stereocenters. The van der Waals surface area contributed by atoms with Crippen molar-refractivity contribution in [1.29, 1.82) is 0 Å². The highest BCUT2D eigenvalue weighted by Crippen LogP contribution is 2.26. The van der Waals surface area contributed by atoms with Crippen LogP contribution in [-0.4, -0.2) is 54.4 Å². The summed E-state index contributed by atoms with van der Waals surface area (Å²) < 4.78 is 23.0. The fourth-order valence-electron chi connectivity index (χ4n) is 2.11. The number of carboxylic acids is 1. The van der Waals surface area contributed by atoms with Gasteiger partial charge in [0.15, 0.2) is 9.84 Å². The van der Waals surface area contributed by atoms with Crippen LogP contribution in [0, 0.1) is 0 Å². The monoisotopic (exact) mass is 337 g/mol. The first-order valence-electron chi connectivity index (χ1n) is 5.76. The number of rotatable bonds is 4. The van der Waals surface area contributed by atoms with Crippen LogP contribution in [0.2, 0.25) is 5.02 Å². The number of hydrogen-bond donors (Lipinski definition) is 1. The molecule has 1 fully saturated rings. The second-order valence-electron chi connectivity index (χ2n) is 4.48. The molecule has 1 aliphatic heterocycles. The zero-order chi connectivity index (χ0) is 14.9. The van der Waals surface area contributed by atoms with E-state index in [4.69, 9.17) is 16.7 Å². The van der Waals surface area contributed by atoms with Crippen molar-refractivity contribution in [3.05, 3.63) is 21.3 Å². The molecule has 1 amide bonds. The standard InChI is InChI=1S/C11H12ClNO5S2/c12-8-1-3-19-10(8)11(16)13(5-9(14)15)7-2-4-20(17,18)6-7/h1,3,7H,2,4-6H2,(H,14,15). The number of hydrogen-bond acceptors (Lipinski definition) is 5. The van der Waals surface area contributed by atoms with E-state index in [0.29, 0.717) is 0 Å². The summed E-state index contributed by atoms with van der Waals surface area (Å²) in [5.74, 6) is -1.95. The van der Waals surface area contributed by atoms with Crippen molar-refractivity contribution in [3.8, 4) is 0 Å². The Bertz CT molecular complexity index is 639. The van der Waals surface area contributed by atoms with Crippen LogP contribution >= 0.6 is 22.9 Å². The van der Waals surface area contributed by atoms with Gasteiger partial charge in [-0.2, -0.15) is 0 Å². The van der Waals surface area contributed by atoms with Gasteiger partial charge in [0.1, 0.15) is 11.4 Å². The van der Waals surface area contributed by atoms with Crippen LogP contribution in [0.25, 0.3) is 0 Å². The number of sulfone groups is 1. The van der Waals surface area contributed by atoms with Crippen LogP contribution in [0.1, 0.15) is 16.1 Å². The number of thiophene rings is 1. The summed E-state index contributed by atoms with van der Waals surface area (Å²) in [4.78, 5) is 24.6. The third-order valence-electron chi connectivity index (χ3n) is 3.03. The first kappa shape index (κ1) is 15.3. The van der Waals surface area contributed by atoms with Gasteiger partial charge in [0.05, 0.1) is 16.5 Å². The molecule has 2 heterocycles. The highest BCUT2D eigenvalue weighted by Gasteiger charge is 2.36. The van der Waals surface area contributed by atoms with Crippen molar-refractivity contribution >= 4 is 44.7 Å². The van der Waals surface area contributed by atoms with Gasteiger partial charge in [-0.1, -0.05) is 11.6 Å². The van der Waals surface area contributed by atoms with Gasteiger partial charge < -0.3 is 10.0 Å².